The Morgan fingerprint density at radius 2 is 2.33 bits per heavy atom. The van der Waals surface area contributed by atoms with E-state index in [-0.39, 0.29) is 24.4 Å². The van der Waals surface area contributed by atoms with E-state index in [1.54, 1.807) is 13.2 Å². The normalized spacial score (nSPS) is 18.0. The molecule has 0 aromatic heterocycles. The molecule has 0 unspecified atom stereocenters. The number of hydrogen-bond acceptors (Lipinski definition) is 3. The van der Waals surface area contributed by atoms with Crippen LogP contribution in [0.5, 0.6) is 5.75 Å². The van der Waals surface area contributed by atoms with Crippen molar-refractivity contribution >= 4 is 39.9 Å². The topological polar surface area (TPSA) is 50.4 Å². The van der Waals surface area contributed by atoms with Gasteiger partial charge in [-0.15, -0.1) is 12.4 Å². The summed E-state index contributed by atoms with van der Waals surface area (Å²) in [5.41, 5.74) is 0.753. The van der Waals surface area contributed by atoms with Crippen LogP contribution in [0.4, 0.5) is 5.69 Å². The summed E-state index contributed by atoms with van der Waals surface area (Å²) in [6.45, 7) is 0.918. The minimum Gasteiger partial charge on any atom is -0.495 e. The Kier molecular flexibility index (Phi) is 5.91. The van der Waals surface area contributed by atoms with E-state index in [1.807, 2.05) is 12.1 Å². The molecule has 0 saturated carbocycles. The van der Waals surface area contributed by atoms with Crippen LogP contribution in [-0.2, 0) is 4.79 Å². The summed E-state index contributed by atoms with van der Waals surface area (Å²) in [4.78, 5) is 11.9. The average molecular weight is 336 g/mol. The second kappa shape index (κ2) is 6.97. The standard InChI is InChI=1S/C12H15BrN2O2.ClH/c1-17-11-7-8(4-5-9(11)13)15-12(16)10-3-2-6-14-10;/h4-5,7,10,14H,2-3,6H2,1H3,(H,15,16);1H/t10-;/m0./s1. The molecule has 1 aliphatic rings. The lowest BCUT2D eigenvalue weighted by atomic mass is 10.2. The molecule has 1 atom stereocenters. The SMILES string of the molecule is COc1cc(NC(=O)[C@@H]2CCCN2)ccc1Br.Cl. The monoisotopic (exact) mass is 334 g/mol. The van der Waals surface area contributed by atoms with E-state index in [9.17, 15) is 4.79 Å². The second-order valence-corrected chi connectivity index (χ2v) is 4.84. The lowest BCUT2D eigenvalue weighted by Gasteiger charge is -2.12. The van der Waals surface area contributed by atoms with Gasteiger partial charge < -0.3 is 15.4 Å². The van der Waals surface area contributed by atoms with Gasteiger partial charge in [-0.2, -0.15) is 0 Å². The van der Waals surface area contributed by atoms with Crippen molar-refractivity contribution < 1.29 is 9.53 Å². The molecule has 100 valence electrons. The highest BCUT2D eigenvalue weighted by atomic mass is 79.9. The third-order valence-corrected chi connectivity index (χ3v) is 3.45. The molecular weight excluding hydrogens is 320 g/mol. The lowest BCUT2D eigenvalue weighted by Crippen LogP contribution is -2.35. The third-order valence-electron chi connectivity index (χ3n) is 2.80. The maximum absolute atomic E-state index is 11.9. The van der Waals surface area contributed by atoms with Gasteiger partial charge in [-0.25, -0.2) is 0 Å². The maximum Gasteiger partial charge on any atom is 0.241 e. The number of hydrogen-bond donors (Lipinski definition) is 2. The largest absolute Gasteiger partial charge is 0.495 e. The Hall–Kier alpha value is -0.780. The van der Waals surface area contributed by atoms with Crippen molar-refractivity contribution in [2.45, 2.75) is 18.9 Å². The van der Waals surface area contributed by atoms with Gasteiger partial charge in [0.2, 0.25) is 5.91 Å². The molecule has 0 radical (unpaired) electrons. The minimum atomic E-state index is -0.0651. The van der Waals surface area contributed by atoms with Crippen molar-refractivity contribution in [1.29, 1.82) is 0 Å². The first-order valence-electron chi connectivity index (χ1n) is 5.58. The van der Waals surface area contributed by atoms with Crippen LogP contribution < -0.4 is 15.4 Å². The van der Waals surface area contributed by atoms with Gasteiger partial charge >= 0.3 is 0 Å². The molecule has 1 aromatic rings. The molecule has 0 spiro atoms. The smallest absolute Gasteiger partial charge is 0.241 e. The predicted molar refractivity (Wildman–Crippen MR) is 77.6 cm³/mol. The van der Waals surface area contributed by atoms with Crippen molar-refractivity contribution in [2.75, 3.05) is 19.0 Å². The summed E-state index contributed by atoms with van der Waals surface area (Å²) >= 11 is 3.37. The van der Waals surface area contributed by atoms with Crippen LogP contribution in [0.2, 0.25) is 0 Å². The minimum absolute atomic E-state index is 0. The van der Waals surface area contributed by atoms with Crippen molar-refractivity contribution in [1.82, 2.24) is 5.32 Å². The van der Waals surface area contributed by atoms with Gasteiger partial charge in [-0.1, -0.05) is 0 Å². The van der Waals surface area contributed by atoms with E-state index in [2.05, 4.69) is 26.6 Å². The van der Waals surface area contributed by atoms with Crippen LogP contribution >= 0.6 is 28.3 Å². The molecule has 1 aliphatic heterocycles. The number of ether oxygens (including phenoxy) is 1. The zero-order valence-electron chi connectivity index (χ0n) is 10.0. The number of methoxy groups -OCH3 is 1. The fourth-order valence-corrected chi connectivity index (χ4v) is 2.28. The highest BCUT2D eigenvalue weighted by molar-refractivity contribution is 9.10. The molecule has 1 heterocycles. The van der Waals surface area contributed by atoms with Crippen LogP contribution in [0.3, 0.4) is 0 Å². The van der Waals surface area contributed by atoms with Gasteiger partial charge in [0.05, 0.1) is 17.6 Å². The quantitative estimate of drug-likeness (QED) is 0.892. The first kappa shape index (κ1) is 15.3. The highest BCUT2D eigenvalue weighted by Gasteiger charge is 2.21. The third kappa shape index (κ3) is 3.60. The summed E-state index contributed by atoms with van der Waals surface area (Å²) < 4.78 is 6.05. The van der Waals surface area contributed by atoms with Gasteiger partial charge in [-0.05, 0) is 47.4 Å². The van der Waals surface area contributed by atoms with Crippen molar-refractivity contribution in [3.8, 4) is 5.75 Å². The fourth-order valence-electron chi connectivity index (χ4n) is 1.88. The van der Waals surface area contributed by atoms with Gasteiger partial charge in [0.25, 0.3) is 0 Å². The van der Waals surface area contributed by atoms with E-state index in [1.165, 1.54) is 0 Å². The fraction of sp³-hybridized carbons (Fsp3) is 0.417. The molecule has 1 saturated heterocycles. The van der Waals surface area contributed by atoms with Gasteiger partial charge in [-0.3, -0.25) is 4.79 Å². The van der Waals surface area contributed by atoms with Crippen molar-refractivity contribution in [3.05, 3.63) is 22.7 Å². The summed E-state index contributed by atoms with van der Waals surface area (Å²) in [6, 6.07) is 5.44. The molecule has 6 heteroatoms. The van der Waals surface area contributed by atoms with Crippen molar-refractivity contribution in [2.24, 2.45) is 0 Å². The molecule has 1 aromatic carbocycles. The van der Waals surface area contributed by atoms with E-state index in [4.69, 9.17) is 4.74 Å². The number of amides is 1. The molecule has 0 bridgehead atoms. The maximum atomic E-state index is 11.9. The molecule has 4 nitrogen and oxygen atoms in total. The molecule has 2 rings (SSSR count). The van der Waals surface area contributed by atoms with Crippen molar-refractivity contribution in [3.63, 3.8) is 0 Å². The summed E-state index contributed by atoms with van der Waals surface area (Å²) in [6.07, 6.45) is 1.96. The van der Waals surface area contributed by atoms with E-state index in [0.29, 0.717) is 5.75 Å². The Morgan fingerprint density at radius 1 is 1.56 bits per heavy atom. The molecule has 2 N–H and O–H groups in total. The number of anilines is 1. The molecule has 1 fully saturated rings. The van der Waals surface area contributed by atoms with Crippen LogP contribution in [0.15, 0.2) is 22.7 Å². The number of nitrogens with one attached hydrogen (secondary N) is 2. The number of rotatable bonds is 3. The average Bonchev–Trinajstić information content (AvgIpc) is 2.85. The number of benzene rings is 1. The molecule has 1 amide bonds. The second-order valence-electron chi connectivity index (χ2n) is 3.99. The molecule has 18 heavy (non-hydrogen) atoms. The lowest BCUT2D eigenvalue weighted by molar-refractivity contribution is -0.117. The first-order chi connectivity index (χ1) is 8.20. The van der Waals surface area contributed by atoms with E-state index < -0.39 is 0 Å². The number of carbonyl (C=O) groups is 1. The number of carbonyl (C=O) groups excluding carboxylic acids is 1. The number of halogens is 2. The highest BCUT2D eigenvalue weighted by Crippen LogP contribution is 2.28. The van der Waals surface area contributed by atoms with Gasteiger partial charge in [0.15, 0.2) is 0 Å². The van der Waals surface area contributed by atoms with Crippen LogP contribution in [0.1, 0.15) is 12.8 Å². The summed E-state index contributed by atoms with van der Waals surface area (Å²) in [5.74, 6) is 0.731. The Morgan fingerprint density at radius 3 is 2.94 bits per heavy atom. The van der Waals surface area contributed by atoms with Gasteiger partial charge in [0, 0.05) is 11.8 Å². The predicted octanol–water partition coefficient (Wildman–Crippen LogP) is 2.57. The summed E-state index contributed by atoms with van der Waals surface area (Å²) in [5, 5.41) is 6.05. The van der Waals surface area contributed by atoms with Crippen LogP contribution in [0, 0.1) is 0 Å². The van der Waals surface area contributed by atoms with E-state index >= 15 is 0 Å². The Labute approximate surface area is 121 Å². The van der Waals surface area contributed by atoms with Crippen LogP contribution in [-0.4, -0.2) is 25.6 Å². The van der Waals surface area contributed by atoms with Crippen LogP contribution in [0.25, 0.3) is 0 Å². The zero-order chi connectivity index (χ0) is 12.3. The first-order valence-corrected chi connectivity index (χ1v) is 6.38. The van der Waals surface area contributed by atoms with Gasteiger partial charge in [0.1, 0.15) is 5.75 Å². The Bertz CT molecular complexity index is 423. The van der Waals surface area contributed by atoms with E-state index in [0.717, 1.165) is 29.5 Å². The zero-order valence-corrected chi connectivity index (χ0v) is 12.4. The Balaban J connectivity index is 0.00000162. The summed E-state index contributed by atoms with van der Waals surface area (Å²) in [7, 11) is 1.60. The molecular formula is C12H16BrClN2O2. The molecule has 0 aliphatic carbocycles.